The number of nitrogens with one attached hydrogen (secondary N) is 1. The lowest BCUT2D eigenvalue weighted by molar-refractivity contribution is 0.0998. The number of carbonyl (C=O) groups excluding carboxylic acids is 1. The number of fused-ring (bicyclic) bond motifs is 1. The number of amides is 1. The molecule has 22 heavy (non-hydrogen) atoms. The molecule has 1 aromatic carbocycles. The van der Waals surface area contributed by atoms with Gasteiger partial charge in [-0.25, -0.2) is 4.98 Å². The van der Waals surface area contributed by atoms with Crippen LogP contribution in [0.2, 0.25) is 0 Å². The van der Waals surface area contributed by atoms with Crippen molar-refractivity contribution in [1.29, 1.82) is 0 Å². The molecule has 0 bridgehead atoms. The molecule has 0 aliphatic carbocycles. The quantitative estimate of drug-likeness (QED) is 0.766. The SMILES string of the molecule is Cc1nc(NC(=O)c2cc3ccccc3o2)c(C)c(C)c1C. The summed E-state index contributed by atoms with van der Waals surface area (Å²) in [6.45, 7) is 7.98. The lowest BCUT2D eigenvalue weighted by atomic mass is 10.0. The monoisotopic (exact) mass is 294 g/mol. The Balaban J connectivity index is 1.94. The van der Waals surface area contributed by atoms with Crippen molar-refractivity contribution >= 4 is 22.7 Å². The Morgan fingerprint density at radius 2 is 1.77 bits per heavy atom. The van der Waals surface area contributed by atoms with Gasteiger partial charge in [0.1, 0.15) is 11.4 Å². The topological polar surface area (TPSA) is 55.1 Å². The van der Waals surface area contributed by atoms with Gasteiger partial charge in [-0.2, -0.15) is 0 Å². The van der Waals surface area contributed by atoms with Gasteiger partial charge in [0.15, 0.2) is 5.76 Å². The van der Waals surface area contributed by atoms with Crippen molar-refractivity contribution in [2.75, 3.05) is 5.32 Å². The second-order valence-electron chi connectivity index (χ2n) is 5.52. The van der Waals surface area contributed by atoms with Crippen LogP contribution in [0.4, 0.5) is 5.82 Å². The van der Waals surface area contributed by atoms with Crippen LogP contribution in [0.5, 0.6) is 0 Å². The normalized spacial score (nSPS) is 10.9. The van der Waals surface area contributed by atoms with Crippen molar-refractivity contribution in [3.05, 3.63) is 58.5 Å². The Labute approximate surface area is 129 Å². The van der Waals surface area contributed by atoms with E-state index in [-0.39, 0.29) is 5.91 Å². The summed E-state index contributed by atoms with van der Waals surface area (Å²) in [6.07, 6.45) is 0. The first kappa shape index (κ1) is 14.3. The number of rotatable bonds is 2. The number of nitrogens with zero attached hydrogens (tertiary/aromatic N) is 1. The first-order valence-electron chi connectivity index (χ1n) is 7.21. The smallest absolute Gasteiger partial charge is 0.292 e. The molecule has 0 spiro atoms. The molecule has 3 aromatic rings. The van der Waals surface area contributed by atoms with Crippen LogP contribution in [0, 0.1) is 27.7 Å². The van der Waals surface area contributed by atoms with Crippen molar-refractivity contribution in [3.63, 3.8) is 0 Å². The van der Waals surface area contributed by atoms with E-state index in [2.05, 4.69) is 10.3 Å². The average molecular weight is 294 g/mol. The number of para-hydroxylation sites is 1. The van der Waals surface area contributed by atoms with Crippen LogP contribution >= 0.6 is 0 Å². The molecule has 1 N–H and O–H groups in total. The van der Waals surface area contributed by atoms with Gasteiger partial charge in [0.05, 0.1) is 0 Å². The highest BCUT2D eigenvalue weighted by Gasteiger charge is 2.16. The number of pyridine rings is 1. The van der Waals surface area contributed by atoms with Crippen molar-refractivity contribution in [2.24, 2.45) is 0 Å². The molecule has 2 aromatic heterocycles. The fraction of sp³-hybridized carbons (Fsp3) is 0.222. The highest BCUT2D eigenvalue weighted by Crippen LogP contribution is 2.24. The molecule has 0 saturated carbocycles. The minimum absolute atomic E-state index is 0.283. The van der Waals surface area contributed by atoms with Gasteiger partial charge >= 0.3 is 0 Å². The Kier molecular flexibility index (Phi) is 3.45. The van der Waals surface area contributed by atoms with Crippen LogP contribution in [-0.4, -0.2) is 10.9 Å². The van der Waals surface area contributed by atoms with E-state index in [1.165, 1.54) is 0 Å². The predicted octanol–water partition coefficient (Wildman–Crippen LogP) is 4.31. The molecule has 0 aliphatic rings. The molecule has 4 heteroatoms. The largest absolute Gasteiger partial charge is 0.451 e. The van der Waals surface area contributed by atoms with Crippen molar-refractivity contribution in [2.45, 2.75) is 27.7 Å². The van der Waals surface area contributed by atoms with Gasteiger partial charge in [-0.1, -0.05) is 18.2 Å². The number of aryl methyl sites for hydroxylation is 1. The molecule has 0 fully saturated rings. The van der Waals surface area contributed by atoms with E-state index in [4.69, 9.17) is 4.42 Å². The summed E-state index contributed by atoms with van der Waals surface area (Å²) in [4.78, 5) is 16.9. The van der Waals surface area contributed by atoms with Crippen LogP contribution in [-0.2, 0) is 0 Å². The van der Waals surface area contributed by atoms with E-state index in [9.17, 15) is 4.79 Å². The first-order chi connectivity index (χ1) is 10.5. The molecule has 3 rings (SSSR count). The summed E-state index contributed by atoms with van der Waals surface area (Å²) < 4.78 is 5.59. The molecule has 112 valence electrons. The number of hydrogen-bond donors (Lipinski definition) is 1. The second kappa shape index (κ2) is 5.30. The van der Waals surface area contributed by atoms with E-state index in [0.717, 1.165) is 27.8 Å². The van der Waals surface area contributed by atoms with Crippen LogP contribution in [0.3, 0.4) is 0 Å². The standard InChI is InChI=1S/C18H18N2O2/c1-10-11(2)13(4)19-17(12(10)3)20-18(21)16-9-14-7-5-6-8-15(14)22-16/h5-9H,1-4H3,(H,19,20,21). The summed E-state index contributed by atoms with van der Waals surface area (Å²) in [7, 11) is 0. The zero-order chi connectivity index (χ0) is 15.9. The molecular weight excluding hydrogens is 276 g/mol. The second-order valence-corrected chi connectivity index (χ2v) is 5.52. The van der Waals surface area contributed by atoms with Gasteiger partial charge < -0.3 is 9.73 Å². The molecule has 4 nitrogen and oxygen atoms in total. The van der Waals surface area contributed by atoms with Crippen LogP contribution in [0.1, 0.15) is 32.9 Å². The van der Waals surface area contributed by atoms with E-state index in [0.29, 0.717) is 17.2 Å². The Bertz CT molecular complexity index is 845. The number of furan rings is 1. The van der Waals surface area contributed by atoms with Crippen molar-refractivity contribution < 1.29 is 9.21 Å². The van der Waals surface area contributed by atoms with Crippen LogP contribution in [0.15, 0.2) is 34.7 Å². The summed E-state index contributed by atoms with van der Waals surface area (Å²) >= 11 is 0. The third kappa shape index (κ3) is 2.37. The Morgan fingerprint density at radius 1 is 1.05 bits per heavy atom. The summed E-state index contributed by atoms with van der Waals surface area (Å²) in [5.74, 6) is 0.596. The van der Waals surface area contributed by atoms with Gasteiger partial charge in [-0.15, -0.1) is 0 Å². The lowest BCUT2D eigenvalue weighted by Gasteiger charge is -2.13. The Hall–Kier alpha value is -2.62. The van der Waals surface area contributed by atoms with Gasteiger partial charge in [-0.05, 0) is 56.5 Å². The number of carbonyl (C=O) groups is 1. The van der Waals surface area contributed by atoms with Gasteiger partial charge in [0.25, 0.3) is 5.91 Å². The lowest BCUT2D eigenvalue weighted by Crippen LogP contribution is -2.14. The molecule has 0 radical (unpaired) electrons. The van der Waals surface area contributed by atoms with Crippen molar-refractivity contribution in [3.8, 4) is 0 Å². The number of benzene rings is 1. The number of anilines is 1. The maximum absolute atomic E-state index is 12.4. The third-order valence-electron chi connectivity index (χ3n) is 4.18. The maximum atomic E-state index is 12.4. The minimum atomic E-state index is -0.283. The minimum Gasteiger partial charge on any atom is -0.451 e. The van der Waals surface area contributed by atoms with E-state index in [1.54, 1.807) is 6.07 Å². The predicted molar refractivity (Wildman–Crippen MR) is 87.4 cm³/mol. The van der Waals surface area contributed by atoms with Gasteiger partial charge in [0, 0.05) is 11.1 Å². The molecule has 2 heterocycles. The van der Waals surface area contributed by atoms with E-state index >= 15 is 0 Å². The molecule has 0 aliphatic heterocycles. The molecular formula is C18H18N2O2. The highest BCUT2D eigenvalue weighted by molar-refractivity contribution is 6.04. The number of aromatic nitrogens is 1. The molecule has 0 saturated heterocycles. The van der Waals surface area contributed by atoms with Gasteiger partial charge in [0.2, 0.25) is 0 Å². The summed E-state index contributed by atoms with van der Waals surface area (Å²) in [5, 5.41) is 3.76. The third-order valence-corrected chi connectivity index (χ3v) is 4.18. The Morgan fingerprint density at radius 3 is 2.50 bits per heavy atom. The van der Waals surface area contributed by atoms with Crippen molar-refractivity contribution in [1.82, 2.24) is 4.98 Å². The average Bonchev–Trinajstić information content (AvgIpc) is 2.94. The fourth-order valence-electron chi connectivity index (χ4n) is 2.45. The first-order valence-corrected chi connectivity index (χ1v) is 7.21. The zero-order valence-electron chi connectivity index (χ0n) is 13.2. The fourth-order valence-corrected chi connectivity index (χ4v) is 2.45. The van der Waals surface area contributed by atoms with E-state index < -0.39 is 0 Å². The molecule has 0 unspecified atom stereocenters. The summed E-state index contributed by atoms with van der Waals surface area (Å²) in [6, 6.07) is 9.30. The molecule has 0 atom stereocenters. The van der Waals surface area contributed by atoms with Crippen LogP contribution in [0.25, 0.3) is 11.0 Å². The van der Waals surface area contributed by atoms with Crippen LogP contribution < -0.4 is 5.32 Å². The van der Waals surface area contributed by atoms with Gasteiger partial charge in [-0.3, -0.25) is 4.79 Å². The molecule has 1 amide bonds. The zero-order valence-corrected chi connectivity index (χ0v) is 13.2. The summed E-state index contributed by atoms with van der Waals surface area (Å²) in [5.41, 5.74) is 4.90. The highest BCUT2D eigenvalue weighted by atomic mass is 16.3. The maximum Gasteiger partial charge on any atom is 0.292 e. The van der Waals surface area contributed by atoms with E-state index in [1.807, 2.05) is 52.0 Å². The number of hydrogen-bond acceptors (Lipinski definition) is 3.